The van der Waals surface area contributed by atoms with Crippen molar-refractivity contribution in [2.45, 2.75) is 18.9 Å². The first-order valence-electron chi connectivity index (χ1n) is 5.16. The first kappa shape index (κ1) is 14.9. The third kappa shape index (κ3) is 4.25. The lowest BCUT2D eigenvalue weighted by Crippen LogP contribution is -2.25. The molecule has 0 bridgehead atoms. The van der Waals surface area contributed by atoms with E-state index in [9.17, 15) is 17.6 Å². The Morgan fingerprint density at radius 1 is 1.33 bits per heavy atom. The van der Waals surface area contributed by atoms with E-state index < -0.39 is 23.7 Å². The lowest BCUT2D eigenvalue weighted by atomic mass is 10.1. The Morgan fingerprint density at radius 3 is 2.56 bits per heavy atom. The number of rotatable bonds is 5. The summed E-state index contributed by atoms with van der Waals surface area (Å²) in [6.07, 6.45) is -5.61. The molecule has 0 aliphatic heterocycles. The van der Waals surface area contributed by atoms with Crippen LogP contribution in [0, 0.1) is 5.82 Å². The van der Waals surface area contributed by atoms with Crippen LogP contribution < -0.4 is 5.73 Å². The summed E-state index contributed by atoms with van der Waals surface area (Å²) in [7, 11) is 0. The third-order valence-corrected chi connectivity index (χ3v) is 2.19. The molecule has 1 rings (SSSR count). The molecule has 0 aliphatic rings. The molecule has 7 heteroatoms. The van der Waals surface area contributed by atoms with E-state index >= 15 is 0 Å². The van der Waals surface area contributed by atoms with E-state index in [1.54, 1.807) is 0 Å². The molecule has 1 aromatic rings. The van der Waals surface area contributed by atoms with Crippen LogP contribution in [0.15, 0.2) is 18.2 Å². The van der Waals surface area contributed by atoms with Crippen LogP contribution in [0.25, 0.3) is 0 Å². The highest BCUT2D eigenvalue weighted by Gasteiger charge is 2.34. The van der Waals surface area contributed by atoms with E-state index in [1.165, 1.54) is 6.07 Å². The average molecular weight is 267 g/mol. The van der Waals surface area contributed by atoms with Gasteiger partial charge in [0.15, 0.2) is 0 Å². The lowest BCUT2D eigenvalue weighted by molar-refractivity contribution is -0.140. The fraction of sp³-hybridized carbons (Fsp3) is 0.455. The second-order valence-corrected chi connectivity index (χ2v) is 3.72. The fourth-order valence-corrected chi connectivity index (χ4v) is 1.26. The van der Waals surface area contributed by atoms with Gasteiger partial charge in [-0.15, -0.1) is 0 Å². The Hall–Kier alpha value is -1.18. The summed E-state index contributed by atoms with van der Waals surface area (Å²) in [5, 5.41) is 9.07. The first-order valence-corrected chi connectivity index (χ1v) is 5.16. The van der Waals surface area contributed by atoms with Gasteiger partial charge in [0, 0.05) is 6.54 Å². The molecule has 0 radical (unpaired) electrons. The zero-order valence-electron chi connectivity index (χ0n) is 9.38. The molecule has 3 N–H and O–H groups in total. The molecule has 0 saturated heterocycles. The molecule has 3 nitrogen and oxygen atoms in total. The largest absolute Gasteiger partial charge is 0.419 e. The minimum Gasteiger partial charge on any atom is -0.389 e. The van der Waals surface area contributed by atoms with Gasteiger partial charge in [0.25, 0.3) is 0 Å². The monoisotopic (exact) mass is 267 g/mol. The van der Waals surface area contributed by atoms with Crippen molar-refractivity contribution in [3.05, 3.63) is 35.1 Å². The van der Waals surface area contributed by atoms with Crippen LogP contribution in [0.5, 0.6) is 0 Å². The first-order chi connectivity index (χ1) is 8.34. The Balaban J connectivity index is 2.68. The van der Waals surface area contributed by atoms with Crippen molar-refractivity contribution < 1.29 is 27.4 Å². The quantitative estimate of drug-likeness (QED) is 0.798. The molecule has 0 aliphatic carbocycles. The standard InChI is InChI=1S/C11H13F4NO2/c12-10-2-1-7(3-9(10)11(13,14)15)5-18-6-8(17)4-16/h1-3,8,17H,4-6,16H2. The normalized spacial score (nSPS) is 13.7. The summed E-state index contributed by atoms with van der Waals surface area (Å²) in [6, 6.07) is 2.62. The Kier molecular flexibility index (Phi) is 5.06. The summed E-state index contributed by atoms with van der Waals surface area (Å²) < 4.78 is 55.1. The SMILES string of the molecule is NCC(O)COCc1ccc(F)c(C(F)(F)F)c1. The van der Waals surface area contributed by atoms with E-state index in [1.807, 2.05) is 0 Å². The molecule has 0 spiro atoms. The third-order valence-electron chi connectivity index (χ3n) is 2.19. The van der Waals surface area contributed by atoms with Crippen molar-refractivity contribution in [3.63, 3.8) is 0 Å². The average Bonchev–Trinajstić information content (AvgIpc) is 2.29. The van der Waals surface area contributed by atoms with Gasteiger partial charge < -0.3 is 15.6 Å². The lowest BCUT2D eigenvalue weighted by Gasteiger charge is -2.11. The summed E-state index contributed by atoms with van der Waals surface area (Å²) in [4.78, 5) is 0. The molecule has 0 fully saturated rings. The Morgan fingerprint density at radius 2 is 2.00 bits per heavy atom. The summed E-state index contributed by atoms with van der Waals surface area (Å²) in [5.41, 5.74) is 3.97. The molecule has 18 heavy (non-hydrogen) atoms. The second kappa shape index (κ2) is 6.12. The zero-order valence-corrected chi connectivity index (χ0v) is 9.38. The molecule has 1 aromatic carbocycles. The Labute approximate surface area is 101 Å². The van der Waals surface area contributed by atoms with Gasteiger partial charge in [0.1, 0.15) is 5.82 Å². The highest BCUT2D eigenvalue weighted by molar-refractivity contribution is 5.26. The maximum atomic E-state index is 13.0. The number of hydrogen-bond acceptors (Lipinski definition) is 3. The van der Waals surface area contributed by atoms with Crippen LogP contribution in [0.1, 0.15) is 11.1 Å². The van der Waals surface area contributed by atoms with E-state index in [0.717, 1.165) is 6.07 Å². The van der Waals surface area contributed by atoms with Crippen LogP contribution in [0.4, 0.5) is 17.6 Å². The van der Waals surface area contributed by atoms with E-state index in [2.05, 4.69) is 0 Å². The van der Waals surface area contributed by atoms with Gasteiger partial charge in [-0.2, -0.15) is 13.2 Å². The van der Waals surface area contributed by atoms with Crippen LogP contribution in [-0.4, -0.2) is 24.4 Å². The van der Waals surface area contributed by atoms with Gasteiger partial charge in [-0.3, -0.25) is 0 Å². The highest BCUT2D eigenvalue weighted by Crippen LogP contribution is 2.31. The number of alkyl halides is 3. The molecular formula is C11H13F4NO2. The highest BCUT2D eigenvalue weighted by atomic mass is 19.4. The van der Waals surface area contributed by atoms with E-state index in [0.29, 0.717) is 6.07 Å². The predicted octanol–water partition coefficient (Wildman–Crippen LogP) is 1.68. The molecule has 0 amide bonds. The topological polar surface area (TPSA) is 55.5 Å². The minimum absolute atomic E-state index is 0.00276. The molecule has 102 valence electrons. The van der Waals surface area contributed by atoms with Gasteiger partial charge in [-0.1, -0.05) is 6.07 Å². The maximum absolute atomic E-state index is 13.0. The smallest absolute Gasteiger partial charge is 0.389 e. The van der Waals surface area contributed by atoms with Crippen molar-refractivity contribution in [2.24, 2.45) is 5.73 Å². The predicted molar refractivity (Wildman–Crippen MR) is 56.1 cm³/mol. The van der Waals surface area contributed by atoms with Crippen LogP contribution in [0.2, 0.25) is 0 Å². The number of aliphatic hydroxyl groups is 1. The van der Waals surface area contributed by atoms with Crippen LogP contribution in [0.3, 0.4) is 0 Å². The number of nitrogens with two attached hydrogens (primary N) is 1. The zero-order chi connectivity index (χ0) is 13.8. The number of benzene rings is 1. The van der Waals surface area contributed by atoms with E-state index in [4.69, 9.17) is 15.6 Å². The van der Waals surface area contributed by atoms with Crippen molar-refractivity contribution in [1.29, 1.82) is 0 Å². The van der Waals surface area contributed by atoms with Gasteiger partial charge >= 0.3 is 6.18 Å². The molecule has 0 saturated carbocycles. The molecule has 0 aromatic heterocycles. The van der Waals surface area contributed by atoms with Crippen LogP contribution in [-0.2, 0) is 17.5 Å². The van der Waals surface area contributed by atoms with Crippen LogP contribution >= 0.6 is 0 Å². The molecule has 1 unspecified atom stereocenters. The van der Waals surface area contributed by atoms with Gasteiger partial charge in [0.05, 0.1) is 24.9 Å². The van der Waals surface area contributed by atoms with Crippen molar-refractivity contribution in [3.8, 4) is 0 Å². The van der Waals surface area contributed by atoms with E-state index in [-0.39, 0.29) is 25.3 Å². The number of aliphatic hydroxyl groups excluding tert-OH is 1. The fourth-order valence-electron chi connectivity index (χ4n) is 1.26. The minimum atomic E-state index is -4.74. The van der Waals surface area contributed by atoms with Gasteiger partial charge in [-0.05, 0) is 17.7 Å². The summed E-state index contributed by atoms with van der Waals surface area (Å²) >= 11 is 0. The number of hydrogen-bond donors (Lipinski definition) is 2. The number of halogens is 4. The molecule has 1 atom stereocenters. The van der Waals surface area contributed by atoms with Crippen molar-refractivity contribution in [1.82, 2.24) is 0 Å². The van der Waals surface area contributed by atoms with Gasteiger partial charge in [0.2, 0.25) is 0 Å². The van der Waals surface area contributed by atoms with Crippen molar-refractivity contribution >= 4 is 0 Å². The number of ether oxygens (including phenoxy) is 1. The molecule has 0 heterocycles. The Bertz CT molecular complexity index is 395. The summed E-state index contributed by atoms with van der Waals surface area (Å²) in [5.74, 6) is -1.33. The van der Waals surface area contributed by atoms with Crippen molar-refractivity contribution in [2.75, 3.05) is 13.2 Å². The molecular weight excluding hydrogens is 254 g/mol. The second-order valence-electron chi connectivity index (χ2n) is 3.72. The van der Waals surface area contributed by atoms with Gasteiger partial charge in [-0.25, -0.2) is 4.39 Å². The maximum Gasteiger partial charge on any atom is 0.419 e. The summed E-state index contributed by atoms with van der Waals surface area (Å²) in [6.45, 7) is -0.243.